The molecule has 0 bridgehead atoms. The van der Waals surface area contributed by atoms with Crippen molar-refractivity contribution < 1.29 is 14.3 Å². The van der Waals surface area contributed by atoms with E-state index < -0.39 is 0 Å². The largest absolute Gasteiger partial charge is 0.466 e. The lowest BCUT2D eigenvalue weighted by atomic mass is 10.1. The minimum atomic E-state index is -0.0777. The summed E-state index contributed by atoms with van der Waals surface area (Å²) >= 11 is 0. The average molecular weight is 200 g/mol. The molecule has 14 heavy (non-hydrogen) atoms. The van der Waals surface area contributed by atoms with Crippen LogP contribution in [0.1, 0.15) is 39.5 Å². The lowest BCUT2D eigenvalue weighted by Gasteiger charge is -2.18. The molecule has 0 aliphatic heterocycles. The van der Waals surface area contributed by atoms with E-state index in [1.54, 1.807) is 0 Å². The zero-order valence-electron chi connectivity index (χ0n) is 9.12. The number of carbonyl (C=O) groups is 1. The summed E-state index contributed by atoms with van der Waals surface area (Å²) in [6, 6.07) is 0. The molecule has 0 aromatic heterocycles. The average Bonchev–Trinajstić information content (AvgIpc) is 2.63. The summed E-state index contributed by atoms with van der Waals surface area (Å²) in [5.74, 6) is -0.0902. The molecule has 2 unspecified atom stereocenters. The van der Waals surface area contributed by atoms with Crippen LogP contribution in [0.5, 0.6) is 0 Å². The normalized spacial score (nSPS) is 26.4. The first kappa shape index (κ1) is 11.5. The fraction of sp³-hybridized carbons (Fsp3) is 0.909. The van der Waals surface area contributed by atoms with Crippen molar-refractivity contribution in [3.63, 3.8) is 0 Å². The zero-order valence-corrected chi connectivity index (χ0v) is 9.12. The third-order valence-electron chi connectivity index (χ3n) is 2.58. The van der Waals surface area contributed by atoms with Gasteiger partial charge in [0.25, 0.3) is 0 Å². The van der Waals surface area contributed by atoms with E-state index in [4.69, 9.17) is 9.47 Å². The van der Waals surface area contributed by atoms with Crippen LogP contribution in [0.25, 0.3) is 0 Å². The highest BCUT2D eigenvalue weighted by Gasteiger charge is 2.34. The smallest absolute Gasteiger partial charge is 0.311 e. The summed E-state index contributed by atoms with van der Waals surface area (Å²) in [5.41, 5.74) is 0. The van der Waals surface area contributed by atoms with E-state index in [1.807, 2.05) is 6.92 Å². The Labute approximate surface area is 85.8 Å². The van der Waals surface area contributed by atoms with Crippen molar-refractivity contribution in [2.24, 2.45) is 5.92 Å². The second-order valence-corrected chi connectivity index (χ2v) is 3.70. The van der Waals surface area contributed by atoms with Gasteiger partial charge in [-0.15, -0.1) is 0 Å². The predicted octanol–water partition coefficient (Wildman–Crippen LogP) is 2.14. The lowest BCUT2D eigenvalue weighted by Crippen LogP contribution is -2.27. The minimum absolute atomic E-state index is 0.0125. The number of rotatable bonds is 5. The second kappa shape index (κ2) is 6.02. The van der Waals surface area contributed by atoms with Crippen LogP contribution in [0.4, 0.5) is 0 Å². The maximum Gasteiger partial charge on any atom is 0.311 e. The van der Waals surface area contributed by atoms with E-state index in [1.165, 1.54) is 0 Å². The lowest BCUT2D eigenvalue weighted by molar-refractivity contribution is -0.152. The Morgan fingerprint density at radius 1 is 1.36 bits per heavy atom. The van der Waals surface area contributed by atoms with Crippen molar-refractivity contribution in [2.75, 3.05) is 13.2 Å². The van der Waals surface area contributed by atoms with Gasteiger partial charge in [0.1, 0.15) is 0 Å². The van der Waals surface area contributed by atoms with Crippen LogP contribution in [-0.2, 0) is 14.3 Å². The van der Waals surface area contributed by atoms with Crippen LogP contribution < -0.4 is 0 Å². The van der Waals surface area contributed by atoms with E-state index >= 15 is 0 Å². The summed E-state index contributed by atoms with van der Waals surface area (Å²) in [5, 5.41) is 0. The molecule has 1 aliphatic rings. The number of carbonyl (C=O) groups excluding carboxylic acids is 1. The van der Waals surface area contributed by atoms with Crippen molar-refractivity contribution in [1.29, 1.82) is 0 Å². The van der Waals surface area contributed by atoms with Crippen LogP contribution >= 0.6 is 0 Å². The minimum Gasteiger partial charge on any atom is -0.466 e. The van der Waals surface area contributed by atoms with Crippen molar-refractivity contribution in [2.45, 2.75) is 45.6 Å². The van der Waals surface area contributed by atoms with Crippen molar-refractivity contribution >= 4 is 5.97 Å². The van der Waals surface area contributed by atoms with Crippen molar-refractivity contribution in [3.8, 4) is 0 Å². The first-order valence-corrected chi connectivity index (χ1v) is 5.57. The maximum absolute atomic E-state index is 11.5. The van der Waals surface area contributed by atoms with Gasteiger partial charge in [-0.25, -0.2) is 0 Å². The summed E-state index contributed by atoms with van der Waals surface area (Å²) in [4.78, 5) is 11.5. The van der Waals surface area contributed by atoms with Gasteiger partial charge >= 0.3 is 5.97 Å². The Balaban J connectivity index is 2.38. The Morgan fingerprint density at radius 2 is 2.14 bits per heavy atom. The quantitative estimate of drug-likeness (QED) is 0.638. The molecular formula is C11H20O3. The van der Waals surface area contributed by atoms with E-state index in [0.717, 1.165) is 32.3 Å². The molecule has 1 rings (SSSR count). The molecule has 3 heteroatoms. The molecule has 82 valence electrons. The molecule has 1 aliphatic carbocycles. The highest BCUT2D eigenvalue weighted by atomic mass is 16.5. The monoisotopic (exact) mass is 200 g/mol. The van der Waals surface area contributed by atoms with Crippen molar-refractivity contribution in [3.05, 3.63) is 0 Å². The Bertz CT molecular complexity index is 179. The van der Waals surface area contributed by atoms with E-state index in [2.05, 4.69) is 6.92 Å². The number of hydrogen-bond acceptors (Lipinski definition) is 3. The van der Waals surface area contributed by atoms with Gasteiger partial charge in [0, 0.05) is 6.61 Å². The second-order valence-electron chi connectivity index (χ2n) is 3.70. The van der Waals surface area contributed by atoms with Gasteiger partial charge < -0.3 is 9.47 Å². The maximum atomic E-state index is 11.5. The Kier molecular flexibility index (Phi) is 4.94. The molecule has 0 amide bonds. The van der Waals surface area contributed by atoms with Crippen LogP contribution in [0, 0.1) is 5.92 Å². The number of ether oxygens (including phenoxy) is 2. The molecule has 0 aromatic rings. The Morgan fingerprint density at radius 3 is 2.79 bits per heavy atom. The first-order valence-electron chi connectivity index (χ1n) is 5.57. The van der Waals surface area contributed by atoms with Crippen LogP contribution in [0.15, 0.2) is 0 Å². The van der Waals surface area contributed by atoms with Crippen LogP contribution in [-0.4, -0.2) is 25.3 Å². The van der Waals surface area contributed by atoms with Gasteiger partial charge in [0.2, 0.25) is 0 Å². The van der Waals surface area contributed by atoms with E-state index in [-0.39, 0.29) is 18.0 Å². The highest BCUT2D eigenvalue weighted by Crippen LogP contribution is 2.29. The zero-order chi connectivity index (χ0) is 10.4. The molecule has 0 saturated heterocycles. The summed E-state index contributed by atoms with van der Waals surface area (Å²) in [6.45, 7) is 5.14. The third-order valence-corrected chi connectivity index (χ3v) is 2.58. The van der Waals surface area contributed by atoms with Gasteiger partial charge in [-0.3, -0.25) is 4.79 Å². The standard InChI is InChI=1S/C11H20O3/c1-3-8-14-10-7-5-6-9(10)11(12)13-4-2/h9-10H,3-8H2,1-2H3. The summed E-state index contributed by atoms with van der Waals surface area (Å²) < 4.78 is 10.6. The molecule has 1 saturated carbocycles. The predicted molar refractivity (Wildman–Crippen MR) is 54.0 cm³/mol. The molecule has 0 N–H and O–H groups in total. The molecule has 3 nitrogen and oxygen atoms in total. The molecule has 2 atom stereocenters. The number of hydrogen-bond donors (Lipinski definition) is 0. The SMILES string of the molecule is CCCOC1CCCC1C(=O)OCC. The Hall–Kier alpha value is -0.570. The van der Waals surface area contributed by atoms with Gasteiger partial charge in [-0.05, 0) is 32.6 Å². The molecule has 0 spiro atoms. The fourth-order valence-electron chi connectivity index (χ4n) is 1.91. The summed E-state index contributed by atoms with van der Waals surface area (Å²) in [7, 11) is 0. The molecular weight excluding hydrogens is 180 g/mol. The van der Waals surface area contributed by atoms with Crippen LogP contribution in [0.2, 0.25) is 0 Å². The molecule has 0 radical (unpaired) electrons. The molecule has 0 heterocycles. The molecule has 1 fully saturated rings. The van der Waals surface area contributed by atoms with E-state index in [9.17, 15) is 4.79 Å². The van der Waals surface area contributed by atoms with Crippen molar-refractivity contribution in [1.82, 2.24) is 0 Å². The molecule has 0 aromatic carbocycles. The highest BCUT2D eigenvalue weighted by molar-refractivity contribution is 5.73. The first-order chi connectivity index (χ1) is 6.79. The van der Waals surface area contributed by atoms with Gasteiger partial charge in [-0.2, -0.15) is 0 Å². The summed E-state index contributed by atoms with van der Waals surface area (Å²) in [6.07, 6.45) is 4.12. The van der Waals surface area contributed by atoms with Gasteiger partial charge in [0.05, 0.1) is 18.6 Å². The fourth-order valence-corrected chi connectivity index (χ4v) is 1.91. The van der Waals surface area contributed by atoms with Gasteiger partial charge in [0.15, 0.2) is 0 Å². The third kappa shape index (κ3) is 2.98. The number of esters is 1. The van der Waals surface area contributed by atoms with Crippen LogP contribution in [0.3, 0.4) is 0 Å². The van der Waals surface area contributed by atoms with E-state index in [0.29, 0.717) is 6.61 Å². The van der Waals surface area contributed by atoms with Gasteiger partial charge in [-0.1, -0.05) is 6.92 Å². The topological polar surface area (TPSA) is 35.5 Å².